The minimum absolute atomic E-state index is 0. The predicted molar refractivity (Wildman–Crippen MR) is 14.7 cm³/mol. The van der Waals surface area contributed by atoms with Gasteiger partial charge in [0.1, 0.15) is 6.61 Å². The first-order valence-corrected chi connectivity index (χ1v) is 1.10. The van der Waals surface area contributed by atoms with Gasteiger partial charge in [-0.05, 0) is 0 Å². The van der Waals surface area contributed by atoms with Gasteiger partial charge >= 0.3 is 5.97 Å². The maximum absolute atomic E-state index is 9.12. The van der Waals surface area contributed by atoms with E-state index in [1.165, 1.54) is 0 Å². The summed E-state index contributed by atoms with van der Waals surface area (Å²) in [5.74, 6) is -1.19. The fourth-order valence-corrected chi connectivity index (χ4v) is 0. The smallest absolute Gasteiger partial charge is 0.329 e. The Morgan fingerprint density at radius 1 is 1.67 bits per heavy atom. The van der Waals surface area contributed by atoms with Gasteiger partial charge in [-0.2, -0.15) is 0 Å². The van der Waals surface area contributed by atoms with Crippen molar-refractivity contribution in [2.75, 3.05) is 6.61 Å². The van der Waals surface area contributed by atoms with Gasteiger partial charge in [-0.25, -0.2) is 4.79 Å². The molecule has 0 aliphatic heterocycles. The van der Waals surface area contributed by atoms with Crippen molar-refractivity contribution in [3.05, 3.63) is 0 Å². The Kier molecular flexibility index (Phi) is 8.01. The predicted octanol–water partition coefficient (Wildman–Crippen LogP) is -0.939. The summed E-state index contributed by atoms with van der Waals surface area (Å²) < 4.78 is 0. The van der Waals surface area contributed by atoms with Crippen LogP contribution in [0.4, 0.5) is 0 Å². The topological polar surface area (TPSA) is 57.5 Å². The molecule has 0 aromatic heterocycles. The zero-order valence-corrected chi connectivity index (χ0v) is 4.38. The van der Waals surface area contributed by atoms with Crippen LogP contribution in [0.25, 0.3) is 0 Å². The molecular formula is C2H4O3Pd. The third-order valence-electron chi connectivity index (χ3n) is 0.135. The third kappa shape index (κ3) is 8.94. The van der Waals surface area contributed by atoms with Gasteiger partial charge in [0.05, 0.1) is 0 Å². The number of carboxylic acids is 1. The third-order valence-corrected chi connectivity index (χ3v) is 0.135. The van der Waals surface area contributed by atoms with Crippen LogP contribution in [0.5, 0.6) is 0 Å². The van der Waals surface area contributed by atoms with Crippen LogP contribution in [0.2, 0.25) is 0 Å². The summed E-state index contributed by atoms with van der Waals surface area (Å²) in [6.07, 6.45) is 0. The van der Waals surface area contributed by atoms with Gasteiger partial charge in [-0.3, -0.25) is 0 Å². The van der Waals surface area contributed by atoms with E-state index in [2.05, 4.69) is 0 Å². The summed E-state index contributed by atoms with van der Waals surface area (Å²) in [5.41, 5.74) is 0. The Balaban J connectivity index is 0. The molecule has 3 nitrogen and oxygen atoms in total. The minimum atomic E-state index is -1.19. The van der Waals surface area contributed by atoms with Gasteiger partial charge in [0.15, 0.2) is 0 Å². The molecule has 6 heavy (non-hydrogen) atoms. The molecule has 2 N–H and O–H groups in total. The summed E-state index contributed by atoms with van der Waals surface area (Å²) in [5, 5.41) is 15.0. The molecule has 0 bridgehead atoms. The number of carboxylic acid groups (broad SMARTS) is 1. The van der Waals surface area contributed by atoms with Crippen molar-refractivity contribution in [3.8, 4) is 0 Å². The molecule has 40 valence electrons. The molecule has 0 heterocycles. The van der Waals surface area contributed by atoms with E-state index in [0.29, 0.717) is 0 Å². The Labute approximate surface area is 48.6 Å². The monoisotopic (exact) mass is 182 g/mol. The van der Waals surface area contributed by atoms with E-state index >= 15 is 0 Å². The SMILES string of the molecule is O=C(O)CO.[Pd]. The number of hydrogen-bond acceptors (Lipinski definition) is 2. The van der Waals surface area contributed by atoms with Crippen molar-refractivity contribution in [2.24, 2.45) is 0 Å². The van der Waals surface area contributed by atoms with Gasteiger partial charge in [-0.1, -0.05) is 0 Å². The average molecular weight is 182 g/mol. The van der Waals surface area contributed by atoms with E-state index in [-0.39, 0.29) is 20.4 Å². The molecule has 0 unspecified atom stereocenters. The van der Waals surface area contributed by atoms with Crippen molar-refractivity contribution in [1.29, 1.82) is 0 Å². The van der Waals surface area contributed by atoms with E-state index in [1.807, 2.05) is 0 Å². The van der Waals surface area contributed by atoms with E-state index in [4.69, 9.17) is 15.0 Å². The molecule has 0 spiro atoms. The first-order chi connectivity index (χ1) is 2.27. The van der Waals surface area contributed by atoms with Crippen LogP contribution >= 0.6 is 0 Å². The van der Waals surface area contributed by atoms with Crippen molar-refractivity contribution in [2.45, 2.75) is 0 Å². The molecule has 0 fully saturated rings. The van der Waals surface area contributed by atoms with Crippen LogP contribution in [-0.2, 0) is 25.2 Å². The standard InChI is InChI=1S/C2H4O3.Pd/c3-1-2(4)5;/h3H,1H2,(H,4,5);. The average Bonchev–Trinajstić information content (AvgIpc) is 1.38. The van der Waals surface area contributed by atoms with E-state index < -0.39 is 12.6 Å². The Morgan fingerprint density at radius 3 is 1.83 bits per heavy atom. The molecule has 0 saturated heterocycles. The van der Waals surface area contributed by atoms with Crippen LogP contribution in [-0.4, -0.2) is 22.8 Å². The summed E-state index contributed by atoms with van der Waals surface area (Å²) in [6, 6.07) is 0. The molecule has 0 rings (SSSR count). The zero-order chi connectivity index (χ0) is 4.28. The van der Waals surface area contributed by atoms with Gasteiger partial charge in [0.25, 0.3) is 0 Å². The van der Waals surface area contributed by atoms with Crippen LogP contribution in [0, 0.1) is 0 Å². The summed E-state index contributed by atoms with van der Waals surface area (Å²) >= 11 is 0. The van der Waals surface area contributed by atoms with Crippen LogP contribution in [0.3, 0.4) is 0 Å². The van der Waals surface area contributed by atoms with Crippen molar-refractivity contribution < 1.29 is 35.4 Å². The molecule has 0 atom stereocenters. The first-order valence-electron chi connectivity index (χ1n) is 1.10. The van der Waals surface area contributed by atoms with Crippen LogP contribution in [0.15, 0.2) is 0 Å². The van der Waals surface area contributed by atoms with Gasteiger partial charge in [0, 0.05) is 20.4 Å². The molecule has 0 amide bonds. The Hall–Kier alpha value is 0.0923. The molecule has 0 aromatic carbocycles. The quantitative estimate of drug-likeness (QED) is 0.515. The second-order valence-corrected chi connectivity index (χ2v) is 0.552. The van der Waals surface area contributed by atoms with Gasteiger partial charge < -0.3 is 10.2 Å². The second-order valence-electron chi connectivity index (χ2n) is 0.552. The van der Waals surface area contributed by atoms with Gasteiger partial charge in [0.2, 0.25) is 0 Å². The van der Waals surface area contributed by atoms with Gasteiger partial charge in [-0.15, -0.1) is 0 Å². The maximum atomic E-state index is 9.12. The second kappa shape index (κ2) is 5.09. The van der Waals surface area contributed by atoms with E-state index in [9.17, 15) is 0 Å². The normalized spacial score (nSPS) is 6.17. The number of aliphatic carboxylic acids is 1. The number of carbonyl (C=O) groups is 1. The Morgan fingerprint density at radius 2 is 1.83 bits per heavy atom. The van der Waals surface area contributed by atoms with Crippen LogP contribution < -0.4 is 0 Å². The molecule has 4 heteroatoms. The van der Waals surface area contributed by atoms with Crippen molar-refractivity contribution >= 4 is 5.97 Å². The van der Waals surface area contributed by atoms with E-state index in [0.717, 1.165) is 0 Å². The number of hydrogen-bond donors (Lipinski definition) is 2. The fourth-order valence-electron chi connectivity index (χ4n) is 0. The number of aliphatic hydroxyl groups excluding tert-OH is 1. The largest absolute Gasteiger partial charge is 0.480 e. The molecule has 0 aromatic rings. The number of aliphatic hydroxyl groups is 1. The van der Waals surface area contributed by atoms with Crippen molar-refractivity contribution in [3.63, 3.8) is 0 Å². The number of rotatable bonds is 1. The van der Waals surface area contributed by atoms with Crippen LogP contribution in [0.1, 0.15) is 0 Å². The molecule has 0 radical (unpaired) electrons. The maximum Gasteiger partial charge on any atom is 0.329 e. The van der Waals surface area contributed by atoms with Crippen molar-refractivity contribution in [1.82, 2.24) is 0 Å². The fraction of sp³-hybridized carbons (Fsp3) is 0.500. The molecule has 0 aliphatic carbocycles. The zero-order valence-electron chi connectivity index (χ0n) is 2.83. The molecule has 0 saturated carbocycles. The first kappa shape index (κ1) is 9.43. The molecular weight excluding hydrogens is 178 g/mol. The summed E-state index contributed by atoms with van der Waals surface area (Å²) in [7, 11) is 0. The Bertz CT molecular complexity index is 44.1. The summed E-state index contributed by atoms with van der Waals surface area (Å²) in [4.78, 5) is 9.12. The minimum Gasteiger partial charge on any atom is -0.480 e. The molecule has 0 aliphatic rings. The summed E-state index contributed by atoms with van der Waals surface area (Å²) in [6.45, 7) is -0.778. The van der Waals surface area contributed by atoms with E-state index in [1.54, 1.807) is 0 Å².